The average Bonchev–Trinajstić information content (AvgIpc) is 3.55. The lowest BCUT2D eigenvalue weighted by Gasteiger charge is -2.23. The molecule has 3 aromatic rings. The number of hydrogen-bond donors (Lipinski definition) is 3. The van der Waals surface area contributed by atoms with Gasteiger partial charge in [0.1, 0.15) is 5.02 Å². The first kappa shape index (κ1) is 24.6. The topological polar surface area (TPSA) is 94.7 Å². The van der Waals surface area contributed by atoms with E-state index in [0.717, 1.165) is 37.4 Å². The number of aromatic nitrogens is 2. The van der Waals surface area contributed by atoms with E-state index in [1.54, 1.807) is 18.2 Å². The Morgan fingerprint density at radius 2 is 1.89 bits per heavy atom. The Bertz CT molecular complexity index is 1380. The second-order valence-electron chi connectivity index (χ2n) is 9.87. The van der Waals surface area contributed by atoms with Crippen LogP contribution in [-0.2, 0) is 6.54 Å². The van der Waals surface area contributed by atoms with E-state index >= 15 is 0 Å². The van der Waals surface area contributed by atoms with Gasteiger partial charge >= 0.3 is 6.61 Å². The number of nitrogens with zero attached hydrogens (tertiary/aromatic N) is 4. The zero-order valence-electron chi connectivity index (χ0n) is 20.5. The molecule has 1 aromatic heterocycles. The van der Waals surface area contributed by atoms with Gasteiger partial charge in [0.15, 0.2) is 11.6 Å². The third-order valence-electron chi connectivity index (χ3n) is 7.28. The summed E-state index contributed by atoms with van der Waals surface area (Å²) in [7, 11) is 2.13. The monoisotopic (exact) mass is 541 g/mol. The first-order chi connectivity index (χ1) is 18.3. The molecule has 6 rings (SSSR count). The highest BCUT2D eigenvalue weighted by Crippen LogP contribution is 2.38. The molecule has 4 heterocycles. The van der Waals surface area contributed by atoms with Crippen LogP contribution >= 0.6 is 11.6 Å². The predicted molar refractivity (Wildman–Crippen MR) is 141 cm³/mol. The maximum Gasteiger partial charge on any atom is 0.387 e. The lowest BCUT2D eigenvalue weighted by atomic mass is 10.0. The Kier molecular flexibility index (Phi) is 6.40. The van der Waals surface area contributed by atoms with Crippen molar-refractivity contribution in [3.63, 3.8) is 0 Å². The minimum atomic E-state index is -2.99. The molecule has 1 unspecified atom stereocenters. The Labute approximate surface area is 223 Å². The second-order valence-corrected chi connectivity index (χ2v) is 10.3. The molecule has 12 heteroatoms. The molecule has 2 atom stereocenters. The molecule has 1 amide bonds. The number of halogens is 3. The SMILES string of the molecule is CN1CC2CN(c3ccc(Nc4ncc(Cl)c(Nc5cccc6c5C(=O)NC6)n4)c(OC(F)F)c3)C[C@@H]2C1. The van der Waals surface area contributed by atoms with E-state index in [2.05, 4.69) is 42.8 Å². The van der Waals surface area contributed by atoms with Gasteiger partial charge in [-0.15, -0.1) is 0 Å². The summed E-state index contributed by atoms with van der Waals surface area (Å²) in [5.74, 6) is 1.34. The van der Waals surface area contributed by atoms with Crippen molar-refractivity contribution < 1.29 is 18.3 Å². The van der Waals surface area contributed by atoms with Gasteiger partial charge in [0.2, 0.25) is 5.95 Å². The Morgan fingerprint density at radius 3 is 2.66 bits per heavy atom. The number of anilines is 5. The average molecular weight is 542 g/mol. The van der Waals surface area contributed by atoms with Crippen LogP contribution in [-0.4, -0.2) is 60.6 Å². The summed E-state index contributed by atoms with van der Waals surface area (Å²) >= 11 is 6.33. The number of rotatable bonds is 7. The van der Waals surface area contributed by atoms with Crippen LogP contribution in [0, 0.1) is 11.8 Å². The summed E-state index contributed by atoms with van der Waals surface area (Å²) < 4.78 is 31.5. The molecule has 3 aliphatic rings. The van der Waals surface area contributed by atoms with Gasteiger partial charge in [-0.2, -0.15) is 13.8 Å². The lowest BCUT2D eigenvalue weighted by Crippen LogP contribution is -2.26. The number of carbonyl (C=O) groups is 1. The normalized spacial score (nSPS) is 20.4. The van der Waals surface area contributed by atoms with E-state index in [4.69, 9.17) is 16.3 Å². The fraction of sp³-hybridized carbons (Fsp3) is 0.346. The van der Waals surface area contributed by atoms with Crippen molar-refractivity contribution in [2.45, 2.75) is 13.2 Å². The van der Waals surface area contributed by atoms with Crippen molar-refractivity contribution in [3.8, 4) is 5.75 Å². The van der Waals surface area contributed by atoms with Crippen molar-refractivity contribution in [2.75, 3.05) is 48.8 Å². The van der Waals surface area contributed by atoms with Crippen molar-refractivity contribution >= 4 is 46.3 Å². The van der Waals surface area contributed by atoms with E-state index < -0.39 is 6.61 Å². The Morgan fingerprint density at radius 1 is 1.11 bits per heavy atom. The molecular weight excluding hydrogens is 516 g/mol. The van der Waals surface area contributed by atoms with E-state index in [9.17, 15) is 13.6 Å². The molecule has 0 radical (unpaired) electrons. The van der Waals surface area contributed by atoms with Crippen molar-refractivity contribution in [2.24, 2.45) is 11.8 Å². The van der Waals surface area contributed by atoms with Crippen LogP contribution in [0.15, 0.2) is 42.6 Å². The first-order valence-electron chi connectivity index (χ1n) is 12.3. The first-order valence-corrected chi connectivity index (χ1v) is 12.7. The lowest BCUT2D eigenvalue weighted by molar-refractivity contribution is -0.0493. The van der Waals surface area contributed by atoms with Crippen LogP contribution < -0.4 is 25.6 Å². The maximum atomic E-state index is 13.3. The van der Waals surface area contributed by atoms with Gasteiger partial charge in [-0.3, -0.25) is 4.79 Å². The van der Waals surface area contributed by atoms with E-state index in [0.29, 0.717) is 35.3 Å². The molecular formula is C26H26ClF2N7O2. The summed E-state index contributed by atoms with van der Waals surface area (Å²) in [6.45, 7) is 1.31. The molecule has 2 aromatic carbocycles. The smallest absolute Gasteiger partial charge is 0.387 e. The number of likely N-dealkylation sites (tertiary alicyclic amines) is 1. The van der Waals surface area contributed by atoms with Crippen molar-refractivity contribution in [1.29, 1.82) is 0 Å². The zero-order valence-corrected chi connectivity index (χ0v) is 21.3. The fourth-order valence-corrected chi connectivity index (χ4v) is 5.73. The summed E-state index contributed by atoms with van der Waals surface area (Å²) in [4.78, 5) is 25.5. The molecule has 0 saturated carbocycles. The zero-order chi connectivity index (χ0) is 26.4. The van der Waals surface area contributed by atoms with Gasteiger partial charge < -0.3 is 30.5 Å². The minimum absolute atomic E-state index is 0.00251. The van der Waals surface area contributed by atoms with Gasteiger partial charge in [-0.05, 0) is 42.6 Å². The molecule has 3 aliphatic heterocycles. The highest BCUT2D eigenvalue weighted by Gasteiger charge is 2.38. The van der Waals surface area contributed by atoms with Gasteiger partial charge in [-0.25, -0.2) is 4.98 Å². The fourth-order valence-electron chi connectivity index (χ4n) is 5.59. The number of ether oxygens (including phenoxy) is 1. The summed E-state index contributed by atoms with van der Waals surface area (Å²) in [5.41, 5.74) is 3.07. The summed E-state index contributed by atoms with van der Waals surface area (Å²) in [6, 6.07) is 10.7. The highest BCUT2D eigenvalue weighted by molar-refractivity contribution is 6.33. The molecule has 9 nitrogen and oxygen atoms in total. The van der Waals surface area contributed by atoms with E-state index in [1.165, 1.54) is 6.20 Å². The van der Waals surface area contributed by atoms with Crippen molar-refractivity contribution in [1.82, 2.24) is 20.2 Å². The van der Waals surface area contributed by atoms with Crippen LogP contribution in [0.4, 0.5) is 37.6 Å². The molecule has 2 saturated heterocycles. The molecule has 2 fully saturated rings. The number of benzene rings is 2. The van der Waals surface area contributed by atoms with Gasteiger partial charge in [0.05, 0.1) is 23.1 Å². The Hall–Kier alpha value is -3.70. The van der Waals surface area contributed by atoms with Crippen molar-refractivity contribution in [3.05, 3.63) is 58.7 Å². The number of amides is 1. The molecule has 38 heavy (non-hydrogen) atoms. The van der Waals surface area contributed by atoms with Crippen LogP contribution in [0.3, 0.4) is 0 Å². The number of nitrogens with one attached hydrogen (secondary N) is 3. The standard InChI is InChI=1S/C26H26ClF2N7O2/c1-35-10-15-12-36(13-16(15)11-35)17-5-6-19(21(7-17)38-25(28)29)33-26-31-9-18(27)23(34-26)32-20-4-2-3-14-8-30-24(37)22(14)20/h2-7,9,15-16,25H,8,10-13H2,1H3,(H,30,37)(H2,31,32,33,34)/t15-,16?/m0/s1. The summed E-state index contributed by atoms with van der Waals surface area (Å²) in [5, 5.41) is 9.10. The minimum Gasteiger partial charge on any atom is -0.433 e. The van der Waals surface area contributed by atoms with E-state index in [1.807, 2.05) is 18.2 Å². The highest BCUT2D eigenvalue weighted by atomic mass is 35.5. The molecule has 198 valence electrons. The third kappa shape index (κ3) is 4.79. The number of fused-ring (bicyclic) bond motifs is 2. The second kappa shape index (κ2) is 9.88. The van der Waals surface area contributed by atoms with Crippen LogP contribution in [0.2, 0.25) is 5.02 Å². The van der Waals surface area contributed by atoms with E-state index in [-0.39, 0.29) is 28.4 Å². The van der Waals surface area contributed by atoms with Crippen LogP contribution in [0.5, 0.6) is 5.75 Å². The molecule has 0 bridgehead atoms. The Balaban J connectivity index is 1.24. The van der Waals surface area contributed by atoms with Crippen LogP contribution in [0.25, 0.3) is 0 Å². The van der Waals surface area contributed by atoms with Gasteiger partial charge in [-0.1, -0.05) is 23.7 Å². The molecule has 0 spiro atoms. The molecule has 3 N–H and O–H groups in total. The number of hydrogen-bond acceptors (Lipinski definition) is 8. The maximum absolute atomic E-state index is 13.3. The van der Waals surface area contributed by atoms with Gasteiger partial charge in [0, 0.05) is 44.5 Å². The number of alkyl halides is 2. The largest absolute Gasteiger partial charge is 0.433 e. The van der Waals surface area contributed by atoms with Gasteiger partial charge in [0.25, 0.3) is 5.91 Å². The van der Waals surface area contributed by atoms with Crippen LogP contribution in [0.1, 0.15) is 15.9 Å². The summed E-state index contributed by atoms with van der Waals surface area (Å²) in [6.07, 6.45) is 1.39. The molecule has 0 aliphatic carbocycles. The predicted octanol–water partition coefficient (Wildman–Crippen LogP) is 4.46. The third-order valence-corrected chi connectivity index (χ3v) is 7.55. The quantitative estimate of drug-likeness (QED) is 0.404. The number of carbonyl (C=O) groups excluding carboxylic acids is 1.